The minimum Gasteiger partial charge on any atom is -0.352 e. The molecular weight excluding hydrogens is 167 g/mol. The Labute approximate surface area is 56.5 Å². The van der Waals surface area contributed by atoms with Crippen LogP contribution in [0.3, 0.4) is 0 Å². The number of primary amides is 2. The van der Waals surface area contributed by atoms with Gasteiger partial charge in [0, 0.05) is 33.9 Å². The van der Waals surface area contributed by atoms with Gasteiger partial charge in [0.1, 0.15) is 0 Å². The zero-order valence-electron chi connectivity index (χ0n) is 2.79. The van der Waals surface area contributed by atoms with Crippen molar-refractivity contribution < 1.29 is 38.6 Å². The number of nitrogens with two attached hydrogens (primary N) is 2. The number of hydrogen-bond acceptors (Lipinski definition) is 1. The molecule has 4 N–H and O–H groups in total. The average molecular weight is 171 g/mol. The molecule has 2 amide bonds. The van der Waals surface area contributed by atoms with Crippen LogP contribution in [0.1, 0.15) is 0 Å². The first-order chi connectivity index (χ1) is 1.73. The van der Waals surface area contributed by atoms with E-state index in [9.17, 15) is 0 Å². The first-order valence-corrected chi connectivity index (χ1v) is 0.781. The van der Waals surface area contributed by atoms with Crippen LogP contribution in [-0.4, -0.2) is 6.03 Å². The Morgan fingerprint density at radius 3 is 1.33 bits per heavy atom. The van der Waals surface area contributed by atoms with Gasteiger partial charge < -0.3 is 11.5 Å². The van der Waals surface area contributed by atoms with Crippen molar-refractivity contribution in [3.63, 3.8) is 0 Å². The van der Waals surface area contributed by atoms with Crippen LogP contribution in [0.25, 0.3) is 0 Å². The van der Waals surface area contributed by atoms with Gasteiger partial charge in [0.25, 0.3) is 0 Å². The third kappa shape index (κ3) is 533. The zero-order valence-corrected chi connectivity index (χ0v) is 5.05. The van der Waals surface area contributed by atoms with Crippen molar-refractivity contribution in [3.8, 4) is 0 Å². The van der Waals surface area contributed by atoms with E-state index in [0.29, 0.717) is 0 Å². The molecule has 40 valence electrons. The second-order valence-electron chi connectivity index (χ2n) is 0.402. The van der Waals surface area contributed by atoms with Crippen molar-refractivity contribution in [2.24, 2.45) is 11.5 Å². The molecule has 0 fully saturated rings. The Morgan fingerprint density at radius 1 is 1.33 bits per heavy atom. The smallest absolute Gasteiger partial charge is 0.309 e. The summed E-state index contributed by atoms with van der Waals surface area (Å²) >= 11 is 0. The normalized spacial score (nSPS) is 4.00. The molecule has 0 aromatic carbocycles. The van der Waals surface area contributed by atoms with E-state index in [1.165, 1.54) is 0 Å². The van der Waals surface area contributed by atoms with E-state index in [-0.39, 0.29) is 33.9 Å². The summed E-state index contributed by atoms with van der Waals surface area (Å²) in [6, 6.07) is -0.833. The molecule has 0 aliphatic heterocycles. The molecule has 0 heterocycles. The van der Waals surface area contributed by atoms with Gasteiger partial charge in [0.15, 0.2) is 0 Å². The quantitative estimate of drug-likeness (QED) is 0.451. The Bertz CT molecular complexity index is 36.5. The molecule has 0 aliphatic rings. The Balaban J connectivity index is -0.0000000450. The molecule has 0 rings (SSSR count). The van der Waals surface area contributed by atoms with E-state index in [1.807, 2.05) is 0 Å². The molecule has 0 aromatic heterocycles. The number of rotatable bonds is 0. The van der Waals surface area contributed by atoms with Crippen LogP contribution in [0, 0.1) is 0 Å². The number of urea groups is 1. The Hall–Kier alpha value is 0.296. The monoisotopic (exact) mass is 170 g/mol. The predicted octanol–water partition coefficient (Wildman–Crippen LogP) is -0.981. The van der Waals surface area contributed by atoms with E-state index >= 15 is 0 Å². The summed E-state index contributed by atoms with van der Waals surface area (Å²) in [6.45, 7) is 0. The van der Waals surface area contributed by atoms with Crippen molar-refractivity contribution in [2.45, 2.75) is 0 Å². The number of carbonyl (C=O) groups is 1. The summed E-state index contributed by atoms with van der Waals surface area (Å²) in [4.78, 5) is 9.00. The second kappa shape index (κ2) is 9.00. The van der Waals surface area contributed by atoms with Gasteiger partial charge in [-0.1, -0.05) is 0 Å². The van der Waals surface area contributed by atoms with E-state index in [1.54, 1.807) is 0 Å². The Morgan fingerprint density at radius 2 is 1.33 bits per heavy atom. The summed E-state index contributed by atoms with van der Waals surface area (Å²) in [5.74, 6) is 0. The molecule has 5 heteroatoms. The maximum absolute atomic E-state index is 9.00. The molecule has 0 radical (unpaired) electrons. The molecule has 0 unspecified atom stereocenters. The fourth-order valence-corrected chi connectivity index (χ4v) is 0. The van der Waals surface area contributed by atoms with E-state index in [2.05, 4.69) is 11.5 Å². The van der Waals surface area contributed by atoms with Crippen LogP contribution in [0.5, 0.6) is 0 Å². The minimum atomic E-state index is -0.833. The molecule has 0 aromatic rings. The molecule has 0 saturated carbocycles. The van der Waals surface area contributed by atoms with Gasteiger partial charge in [0.05, 0.1) is 0 Å². The van der Waals surface area contributed by atoms with E-state index < -0.39 is 6.03 Å². The van der Waals surface area contributed by atoms with Gasteiger partial charge in [-0.2, -0.15) is 0 Å². The molecule has 0 aliphatic carbocycles. The van der Waals surface area contributed by atoms with Gasteiger partial charge in [-0.05, 0) is 0 Å². The SMILES string of the molecule is NC(N)=O.[Cr].[Ni]. The first-order valence-electron chi connectivity index (χ1n) is 0.781. The van der Waals surface area contributed by atoms with E-state index in [0.717, 1.165) is 0 Å². The second-order valence-corrected chi connectivity index (χ2v) is 0.402. The standard InChI is InChI=1S/CH4N2O.Cr.Ni/c2-1(3)4;;/h(H4,2,3,4);;. The van der Waals surface area contributed by atoms with Crippen molar-refractivity contribution in [2.75, 3.05) is 0 Å². The maximum atomic E-state index is 9.00. The molecule has 6 heavy (non-hydrogen) atoms. The predicted molar refractivity (Wildman–Crippen MR) is 13.8 cm³/mol. The van der Waals surface area contributed by atoms with Crippen LogP contribution in [0.4, 0.5) is 4.79 Å². The van der Waals surface area contributed by atoms with Gasteiger partial charge in [-0.15, -0.1) is 0 Å². The van der Waals surface area contributed by atoms with Crippen LogP contribution < -0.4 is 11.5 Å². The molecular formula is CH4CrN2NiO. The largest absolute Gasteiger partial charge is 0.352 e. The summed E-state index contributed by atoms with van der Waals surface area (Å²) in [6.07, 6.45) is 0. The summed E-state index contributed by atoms with van der Waals surface area (Å²) in [5, 5.41) is 0. The van der Waals surface area contributed by atoms with Crippen LogP contribution >= 0.6 is 0 Å². The van der Waals surface area contributed by atoms with Gasteiger partial charge in [-0.3, -0.25) is 0 Å². The van der Waals surface area contributed by atoms with Crippen molar-refractivity contribution >= 4 is 6.03 Å². The van der Waals surface area contributed by atoms with Gasteiger partial charge in [0.2, 0.25) is 0 Å². The van der Waals surface area contributed by atoms with Crippen LogP contribution in [0.15, 0.2) is 0 Å². The third-order valence-corrected chi connectivity index (χ3v) is 0. The molecule has 3 nitrogen and oxygen atoms in total. The molecule has 0 saturated heterocycles. The summed E-state index contributed by atoms with van der Waals surface area (Å²) in [5.41, 5.74) is 8.50. The third-order valence-electron chi connectivity index (χ3n) is 0. The van der Waals surface area contributed by atoms with Crippen LogP contribution in [0.2, 0.25) is 0 Å². The molecule has 0 bridgehead atoms. The molecule has 0 atom stereocenters. The summed E-state index contributed by atoms with van der Waals surface area (Å²) in [7, 11) is 0. The maximum Gasteiger partial charge on any atom is 0.309 e. The van der Waals surface area contributed by atoms with Crippen LogP contribution in [-0.2, 0) is 33.9 Å². The zero-order chi connectivity index (χ0) is 3.58. The minimum absolute atomic E-state index is 0. The van der Waals surface area contributed by atoms with Crippen molar-refractivity contribution in [3.05, 3.63) is 0 Å². The number of amides is 2. The molecule has 0 spiro atoms. The van der Waals surface area contributed by atoms with E-state index in [4.69, 9.17) is 4.79 Å². The van der Waals surface area contributed by atoms with Gasteiger partial charge in [-0.25, -0.2) is 4.79 Å². The van der Waals surface area contributed by atoms with Crippen molar-refractivity contribution in [1.29, 1.82) is 0 Å². The first kappa shape index (κ1) is 16.3. The van der Waals surface area contributed by atoms with Crippen molar-refractivity contribution in [1.82, 2.24) is 0 Å². The summed E-state index contributed by atoms with van der Waals surface area (Å²) < 4.78 is 0. The topological polar surface area (TPSA) is 69.1 Å². The number of hydrogen-bond donors (Lipinski definition) is 2. The average Bonchev–Trinajstić information content (AvgIpc) is 0.811. The fourth-order valence-electron chi connectivity index (χ4n) is 0. The van der Waals surface area contributed by atoms with Gasteiger partial charge >= 0.3 is 6.03 Å². The number of carbonyl (C=O) groups excluding carboxylic acids is 1. The Kier molecular flexibility index (Phi) is 24.4. The fraction of sp³-hybridized carbons (Fsp3) is 0.